The highest BCUT2D eigenvalue weighted by atomic mass is 32.2. The molecule has 3 rings (SSSR count). The molecule has 1 aliphatic rings. The fourth-order valence-corrected chi connectivity index (χ4v) is 6.40. The van der Waals surface area contributed by atoms with Gasteiger partial charge in [0, 0.05) is 10.9 Å². The Hall–Kier alpha value is -2.15. The molecular weight excluding hydrogens is 437 g/mol. The summed E-state index contributed by atoms with van der Waals surface area (Å²) < 4.78 is 49.7. The van der Waals surface area contributed by atoms with Gasteiger partial charge in [-0.15, -0.1) is 0 Å². The average molecular weight is 468 g/mol. The summed E-state index contributed by atoms with van der Waals surface area (Å²) in [5.41, 5.74) is 0.639. The number of aryl methyl sites for hydroxylation is 2. The van der Waals surface area contributed by atoms with E-state index in [1.54, 1.807) is 13.8 Å². The lowest BCUT2D eigenvalue weighted by molar-refractivity contribution is -0.160. The molecule has 2 aromatic rings. The molecule has 1 aliphatic heterocycles. The van der Waals surface area contributed by atoms with E-state index in [-0.39, 0.29) is 6.61 Å². The SMILES string of the molecule is Cc1cc([S+]2CCCCC2)cc(C)c1OCC(=O)OC(C)(C)c1ccc(C(F)(F)F)cc1. The monoisotopic (exact) mass is 467 g/mol. The van der Waals surface area contributed by atoms with Crippen LogP contribution in [0.25, 0.3) is 0 Å². The van der Waals surface area contributed by atoms with Gasteiger partial charge in [0.15, 0.2) is 11.5 Å². The van der Waals surface area contributed by atoms with Gasteiger partial charge < -0.3 is 9.47 Å². The lowest BCUT2D eigenvalue weighted by atomic mass is 9.97. The number of alkyl halides is 3. The van der Waals surface area contributed by atoms with Gasteiger partial charge in [0.25, 0.3) is 0 Å². The van der Waals surface area contributed by atoms with Gasteiger partial charge in [0.05, 0.1) is 5.56 Å². The van der Waals surface area contributed by atoms with Gasteiger partial charge in [-0.3, -0.25) is 0 Å². The van der Waals surface area contributed by atoms with Gasteiger partial charge >= 0.3 is 12.1 Å². The summed E-state index contributed by atoms with van der Waals surface area (Å²) in [5, 5.41) is 0. The van der Waals surface area contributed by atoms with E-state index >= 15 is 0 Å². The van der Waals surface area contributed by atoms with Crippen LogP contribution in [0.2, 0.25) is 0 Å². The van der Waals surface area contributed by atoms with Gasteiger partial charge in [-0.2, -0.15) is 13.2 Å². The number of halogens is 3. The molecule has 2 aromatic carbocycles. The fourth-order valence-electron chi connectivity index (χ4n) is 3.94. The number of hydrogen-bond acceptors (Lipinski definition) is 3. The maximum atomic E-state index is 12.8. The van der Waals surface area contributed by atoms with Crippen LogP contribution < -0.4 is 4.74 Å². The lowest BCUT2D eigenvalue weighted by Crippen LogP contribution is -2.29. The normalized spacial score (nSPS) is 15.5. The van der Waals surface area contributed by atoms with Crippen LogP contribution in [0.1, 0.15) is 55.4 Å². The minimum Gasteiger partial charge on any atom is -0.481 e. The second kappa shape index (κ2) is 9.77. The second-order valence-corrected chi connectivity index (χ2v) is 11.0. The van der Waals surface area contributed by atoms with Crippen LogP contribution in [0.5, 0.6) is 5.75 Å². The Morgan fingerprint density at radius 3 is 2.00 bits per heavy atom. The van der Waals surface area contributed by atoms with Gasteiger partial charge in [-0.1, -0.05) is 12.1 Å². The number of carbonyl (C=O) groups is 1. The summed E-state index contributed by atoms with van der Waals surface area (Å²) in [6, 6.07) is 8.96. The molecule has 0 aromatic heterocycles. The molecule has 0 bridgehead atoms. The van der Waals surface area contributed by atoms with Crippen LogP contribution in [-0.4, -0.2) is 24.1 Å². The van der Waals surface area contributed by atoms with Crippen LogP contribution >= 0.6 is 0 Å². The zero-order chi connectivity index (χ0) is 23.5. The van der Waals surface area contributed by atoms with Gasteiger partial charge in [0.2, 0.25) is 0 Å². The topological polar surface area (TPSA) is 35.5 Å². The maximum absolute atomic E-state index is 12.8. The minimum atomic E-state index is -4.41. The third-order valence-corrected chi connectivity index (χ3v) is 8.12. The zero-order valence-corrected chi connectivity index (χ0v) is 19.8. The molecule has 7 heteroatoms. The molecule has 0 spiro atoms. The van der Waals surface area contributed by atoms with E-state index in [2.05, 4.69) is 12.1 Å². The number of carbonyl (C=O) groups excluding carboxylic acids is 1. The smallest absolute Gasteiger partial charge is 0.416 e. The molecule has 0 unspecified atom stereocenters. The molecule has 1 heterocycles. The van der Waals surface area contributed by atoms with Crippen molar-refractivity contribution < 1.29 is 27.4 Å². The Kier molecular flexibility index (Phi) is 7.48. The van der Waals surface area contributed by atoms with E-state index in [4.69, 9.17) is 9.47 Å². The Labute approximate surface area is 190 Å². The van der Waals surface area contributed by atoms with Crippen LogP contribution in [0, 0.1) is 13.8 Å². The number of benzene rings is 2. The molecular formula is C25H30F3O3S+. The first-order chi connectivity index (χ1) is 15.0. The van der Waals surface area contributed by atoms with E-state index in [0.717, 1.165) is 23.3 Å². The Morgan fingerprint density at radius 2 is 1.47 bits per heavy atom. The summed E-state index contributed by atoms with van der Waals surface area (Å²) >= 11 is 0. The van der Waals surface area contributed by atoms with E-state index < -0.39 is 23.3 Å². The molecule has 0 aliphatic carbocycles. The van der Waals surface area contributed by atoms with E-state index in [1.165, 1.54) is 47.8 Å². The van der Waals surface area contributed by atoms with Crippen molar-refractivity contribution in [3.63, 3.8) is 0 Å². The maximum Gasteiger partial charge on any atom is 0.416 e. The van der Waals surface area contributed by atoms with Crippen molar-refractivity contribution >= 4 is 16.9 Å². The quantitative estimate of drug-likeness (QED) is 0.367. The van der Waals surface area contributed by atoms with Crippen LogP contribution in [-0.2, 0) is 32.2 Å². The fraction of sp³-hybridized carbons (Fsp3) is 0.480. The van der Waals surface area contributed by atoms with Crippen molar-refractivity contribution in [1.29, 1.82) is 0 Å². The van der Waals surface area contributed by atoms with Crippen LogP contribution in [0.15, 0.2) is 41.3 Å². The standard InChI is InChI=1S/C25H30F3O3S/c1-17-14-21(32-12-6-5-7-13-32)15-18(2)23(17)30-16-22(29)31-24(3,4)19-8-10-20(11-9-19)25(26,27)28/h8-11,14-15H,5-7,12-13,16H2,1-4H3/q+1. The van der Waals surface area contributed by atoms with Crippen molar-refractivity contribution in [2.75, 3.05) is 18.1 Å². The van der Waals surface area contributed by atoms with Crippen molar-refractivity contribution in [3.05, 3.63) is 58.7 Å². The number of esters is 1. The van der Waals surface area contributed by atoms with Crippen LogP contribution in [0.4, 0.5) is 13.2 Å². The third kappa shape index (κ3) is 6.00. The van der Waals surface area contributed by atoms with Crippen molar-refractivity contribution in [2.45, 2.75) is 63.6 Å². The number of ether oxygens (including phenoxy) is 2. The first kappa shape index (κ1) is 24.5. The molecule has 0 N–H and O–H groups in total. The molecule has 174 valence electrons. The first-order valence-electron chi connectivity index (χ1n) is 10.8. The summed E-state index contributed by atoms with van der Waals surface area (Å²) in [5.74, 6) is 2.58. The highest BCUT2D eigenvalue weighted by Gasteiger charge is 2.32. The third-order valence-electron chi connectivity index (χ3n) is 5.66. The van der Waals surface area contributed by atoms with E-state index in [1.807, 2.05) is 13.8 Å². The molecule has 0 amide bonds. The molecule has 1 fully saturated rings. The van der Waals surface area contributed by atoms with Gasteiger partial charge in [-0.05, 0) is 87.9 Å². The van der Waals surface area contributed by atoms with Crippen LogP contribution in [0.3, 0.4) is 0 Å². The summed E-state index contributed by atoms with van der Waals surface area (Å²) in [6.07, 6.45) is -0.538. The minimum absolute atomic E-state index is 0.267. The number of hydrogen-bond donors (Lipinski definition) is 0. The van der Waals surface area contributed by atoms with E-state index in [0.29, 0.717) is 22.2 Å². The summed E-state index contributed by atoms with van der Waals surface area (Å²) in [7, 11) is 0.291. The highest BCUT2D eigenvalue weighted by Crippen LogP contribution is 2.33. The predicted octanol–water partition coefficient (Wildman–Crippen LogP) is 6.34. The summed E-state index contributed by atoms with van der Waals surface area (Å²) in [4.78, 5) is 13.8. The molecule has 0 radical (unpaired) electrons. The zero-order valence-electron chi connectivity index (χ0n) is 19.0. The average Bonchev–Trinajstić information content (AvgIpc) is 2.73. The Bertz CT molecular complexity index is 923. The van der Waals surface area contributed by atoms with E-state index in [9.17, 15) is 18.0 Å². The van der Waals surface area contributed by atoms with Crippen molar-refractivity contribution in [1.82, 2.24) is 0 Å². The van der Waals surface area contributed by atoms with Crippen molar-refractivity contribution in [3.8, 4) is 5.75 Å². The summed E-state index contributed by atoms with van der Waals surface area (Å²) in [6.45, 7) is 6.98. The first-order valence-corrected chi connectivity index (χ1v) is 12.3. The van der Waals surface area contributed by atoms with Gasteiger partial charge in [-0.25, -0.2) is 4.79 Å². The highest BCUT2D eigenvalue weighted by molar-refractivity contribution is 7.96. The molecule has 32 heavy (non-hydrogen) atoms. The van der Waals surface area contributed by atoms with Gasteiger partial charge in [0.1, 0.15) is 22.9 Å². The Balaban J connectivity index is 1.62. The number of rotatable bonds is 6. The molecule has 0 atom stereocenters. The van der Waals surface area contributed by atoms with Crippen molar-refractivity contribution in [2.24, 2.45) is 0 Å². The lowest BCUT2D eigenvalue weighted by Gasteiger charge is -2.26. The second-order valence-electron chi connectivity index (χ2n) is 8.70. The molecule has 1 saturated heterocycles. The molecule has 3 nitrogen and oxygen atoms in total. The molecule has 0 saturated carbocycles. The largest absolute Gasteiger partial charge is 0.481 e. The predicted molar refractivity (Wildman–Crippen MR) is 121 cm³/mol. The Morgan fingerprint density at radius 1 is 0.938 bits per heavy atom.